The van der Waals surface area contributed by atoms with Gasteiger partial charge in [-0.15, -0.1) is 0 Å². The Balaban J connectivity index is 1.98. The Hall–Kier alpha value is -1.48. The molecule has 0 saturated heterocycles. The quantitative estimate of drug-likeness (QED) is 0.857. The maximum Gasteiger partial charge on any atom is 0.117 e. The van der Waals surface area contributed by atoms with Crippen molar-refractivity contribution in [1.82, 2.24) is 5.32 Å². The van der Waals surface area contributed by atoms with E-state index in [-0.39, 0.29) is 6.04 Å². The van der Waals surface area contributed by atoms with Gasteiger partial charge >= 0.3 is 0 Å². The summed E-state index contributed by atoms with van der Waals surface area (Å²) >= 11 is 0. The molecule has 0 aliphatic carbocycles. The topological polar surface area (TPSA) is 38.3 Å². The molecule has 2 heterocycles. The van der Waals surface area contributed by atoms with Crippen LogP contribution in [0.15, 0.2) is 33.3 Å². The lowest BCUT2D eigenvalue weighted by molar-refractivity contribution is 0.453. The van der Waals surface area contributed by atoms with Gasteiger partial charge in [-0.3, -0.25) is 0 Å². The lowest BCUT2D eigenvalue weighted by Gasteiger charge is -2.11. The molecule has 0 aromatic carbocycles. The molecule has 1 unspecified atom stereocenters. The summed E-state index contributed by atoms with van der Waals surface area (Å²) in [5.41, 5.74) is 1.21. The normalized spacial score (nSPS) is 12.9. The van der Waals surface area contributed by atoms with Gasteiger partial charge in [0.15, 0.2) is 0 Å². The highest BCUT2D eigenvalue weighted by molar-refractivity contribution is 5.23. The van der Waals surface area contributed by atoms with E-state index in [0.717, 1.165) is 23.8 Å². The monoisotopic (exact) mass is 219 g/mol. The maximum atomic E-state index is 5.51. The first-order valence-electron chi connectivity index (χ1n) is 5.49. The second kappa shape index (κ2) is 4.58. The number of nitrogens with one attached hydrogen (secondary N) is 1. The third-order valence-electron chi connectivity index (χ3n) is 2.71. The zero-order valence-electron chi connectivity index (χ0n) is 9.91. The van der Waals surface area contributed by atoms with Crippen LogP contribution in [0.2, 0.25) is 0 Å². The summed E-state index contributed by atoms with van der Waals surface area (Å²) in [4.78, 5) is 0. The lowest BCUT2D eigenvalue weighted by Crippen LogP contribution is -2.17. The Bertz CT molecular complexity index is 442. The molecule has 86 valence electrons. The van der Waals surface area contributed by atoms with Gasteiger partial charge in [-0.1, -0.05) is 0 Å². The van der Waals surface area contributed by atoms with E-state index in [2.05, 4.69) is 18.3 Å². The van der Waals surface area contributed by atoms with Crippen molar-refractivity contribution in [3.63, 3.8) is 0 Å². The van der Waals surface area contributed by atoms with Crippen molar-refractivity contribution in [2.75, 3.05) is 0 Å². The highest BCUT2D eigenvalue weighted by Crippen LogP contribution is 2.21. The number of rotatable bonds is 4. The van der Waals surface area contributed by atoms with Crippen LogP contribution in [0.25, 0.3) is 0 Å². The van der Waals surface area contributed by atoms with E-state index < -0.39 is 0 Å². The minimum atomic E-state index is 0.266. The first-order chi connectivity index (χ1) is 7.66. The molecule has 2 rings (SSSR count). The number of furan rings is 2. The molecule has 0 spiro atoms. The van der Waals surface area contributed by atoms with Crippen LogP contribution < -0.4 is 5.32 Å². The van der Waals surface area contributed by atoms with Gasteiger partial charge in [0.1, 0.15) is 17.3 Å². The third-order valence-corrected chi connectivity index (χ3v) is 2.71. The third kappa shape index (κ3) is 2.36. The Kier molecular flexibility index (Phi) is 3.15. The molecule has 2 aromatic heterocycles. The van der Waals surface area contributed by atoms with Gasteiger partial charge in [-0.05, 0) is 39.0 Å². The van der Waals surface area contributed by atoms with Crippen molar-refractivity contribution in [2.45, 2.75) is 33.4 Å². The van der Waals surface area contributed by atoms with Crippen LogP contribution in [0.4, 0.5) is 0 Å². The highest BCUT2D eigenvalue weighted by Gasteiger charge is 2.12. The Morgan fingerprint density at radius 1 is 1.38 bits per heavy atom. The fourth-order valence-electron chi connectivity index (χ4n) is 1.86. The van der Waals surface area contributed by atoms with Crippen molar-refractivity contribution < 1.29 is 8.83 Å². The minimum absolute atomic E-state index is 0.266. The smallest absolute Gasteiger partial charge is 0.117 e. The van der Waals surface area contributed by atoms with Crippen molar-refractivity contribution in [2.24, 2.45) is 0 Å². The molecule has 0 aliphatic heterocycles. The second-order valence-electron chi connectivity index (χ2n) is 4.05. The van der Waals surface area contributed by atoms with E-state index in [9.17, 15) is 0 Å². The van der Waals surface area contributed by atoms with Crippen molar-refractivity contribution >= 4 is 0 Å². The van der Waals surface area contributed by atoms with Crippen LogP contribution in [0.3, 0.4) is 0 Å². The van der Waals surface area contributed by atoms with Gasteiger partial charge in [0.2, 0.25) is 0 Å². The van der Waals surface area contributed by atoms with E-state index in [4.69, 9.17) is 8.83 Å². The summed E-state index contributed by atoms with van der Waals surface area (Å²) in [6.07, 6.45) is 1.69. The standard InChI is InChI=1S/C13H17NO2/c1-9-7-13(11(3)16-9)10(2)14-8-12-5-4-6-15-12/h4-7,10,14H,8H2,1-3H3. The second-order valence-corrected chi connectivity index (χ2v) is 4.05. The number of hydrogen-bond donors (Lipinski definition) is 1. The molecule has 0 radical (unpaired) electrons. The van der Waals surface area contributed by atoms with Crippen LogP contribution in [-0.2, 0) is 6.54 Å². The van der Waals surface area contributed by atoms with Gasteiger partial charge in [-0.25, -0.2) is 0 Å². The summed E-state index contributed by atoms with van der Waals surface area (Å²) in [7, 11) is 0. The van der Waals surface area contributed by atoms with Gasteiger partial charge < -0.3 is 14.2 Å². The van der Waals surface area contributed by atoms with E-state index in [1.807, 2.05) is 26.0 Å². The summed E-state index contributed by atoms with van der Waals surface area (Å²) in [5, 5.41) is 3.40. The molecule has 0 aliphatic rings. The van der Waals surface area contributed by atoms with Crippen LogP contribution in [0, 0.1) is 13.8 Å². The molecule has 0 saturated carbocycles. The molecule has 2 aromatic rings. The van der Waals surface area contributed by atoms with Gasteiger partial charge in [0.25, 0.3) is 0 Å². The Labute approximate surface area is 95.5 Å². The fraction of sp³-hybridized carbons (Fsp3) is 0.385. The average molecular weight is 219 g/mol. The Morgan fingerprint density at radius 2 is 2.19 bits per heavy atom. The van der Waals surface area contributed by atoms with Gasteiger partial charge in [-0.2, -0.15) is 0 Å². The minimum Gasteiger partial charge on any atom is -0.468 e. The Morgan fingerprint density at radius 3 is 2.75 bits per heavy atom. The zero-order valence-corrected chi connectivity index (χ0v) is 9.91. The van der Waals surface area contributed by atoms with E-state index in [1.54, 1.807) is 6.26 Å². The van der Waals surface area contributed by atoms with Crippen molar-refractivity contribution in [3.8, 4) is 0 Å². The summed E-state index contributed by atoms with van der Waals surface area (Å²) < 4.78 is 10.8. The molecule has 0 fully saturated rings. The molecule has 3 nitrogen and oxygen atoms in total. The molecule has 1 atom stereocenters. The number of hydrogen-bond acceptors (Lipinski definition) is 3. The zero-order chi connectivity index (χ0) is 11.5. The predicted octanol–water partition coefficient (Wildman–Crippen LogP) is 3.34. The summed E-state index contributed by atoms with van der Waals surface area (Å²) in [5.74, 6) is 2.89. The van der Waals surface area contributed by atoms with Gasteiger partial charge in [0.05, 0.1) is 12.8 Å². The maximum absolute atomic E-state index is 5.51. The summed E-state index contributed by atoms with van der Waals surface area (Å²) in [6, 6.07) is 6.21. The number of aryl methyl sites for hydroxylation is 2. The predicted molar refractivity (Wildman–Crippen MR) is 62.1 cm³/mol. The van der Waals surface area contributed by atoms with Crippen LogP contribution in [0.5, 0.6) is 0 Å². The molecule has 3 heteroatoms. The molecular weight excluding hydrogens is 202 g/mol. The average Bonchev–Trinajstić information content (AvgIpc) is 2.84. The van der Waals surface area contributed by atoms with Crippen LogP contribution >= 0.6 is 0 Å². The molecule has 16 heavy (non-hydrogen) atoms. The van der Waals surface area contributed by atoms with Crippen molar-refractivity contribution in [1.29, 1.82) is 0 Å². The first kappa shape index (κ1) is 11.0. The SMILES string of the molecule is Cc1cc(C(C)NCc2ccco2)c(C)o1. The lowest BCUT2D eigenvalue weighted by atomic mass is 10.1. The van der Waals surface area contributed by atoms with E-state index in [0.29, 0.717) is 0 Å². The van der Waals surface area contributed by atoms with Crippen LogP contribution in [0.1, 0.15) is 35.8 Å². The van der Waals surface area contributed by atoms with Crippen LogP contribution in [-0.4, -0.2) is 0 Å². The van der Waals surface area contributed by atoms with Crippen molar-refractivity contribution in [3.05, 3.63) is 47.3 Å². The molecular formula is C13H17NO2. The molecule has 1 N–H and O–H groups in total. The van der Waals surface area contributed by atoms with E-state index in [1.165, 1.54) is 5.56 Å². The van der Waals surface area contributed by atoms with Gasteiger partial charge in [0, 0.05) is 11.6 Å². The van der Waals surface area contributed by atoms with E-state index >= 15 is 0 Å². The fourth-order valence-corrected chi connectivity index (χ4v) is 1.86. The molecule has 0 bridgehead atoms. The largest absolute Gasteiger partial charge is 0.468 e. The highest BCUT2D eigenvalue weighted by atomic mass is 16.3. The first-order valence-corrected chi connectivity index (χ1v) is 5.49. The molecule has 0 amide bonds. The summed E-state index contributed by atoms with van der Waals surface area (Å²) in [6.45, 7) is 6.82.